The lowest BCUT2D eigenvalue weighted by molar-refractivity contribution is -0.145. The number of rotatable bonds is 7. The molecule has 27 heavy (non-hydrogen) atoms. The number of H-pyrrole nitrogens is 1. The van der Waals surface area contributed by atoms with Crippen LogP contribution in [0, 0.1) is 19.7 Å². The Hall–Kier alpha value is -2.96. The van der Waals surface area contributed by atoms with Crippen LogP contribution in [-0.2, 0) is 20.7 Å². The molecule has 0 aliphatic heterocycles. The molecule has 144 valence electrons. The Morgan fingerprint density at radius 1 is 1.15 bits per heavy atom. The molecule has 2 aromatic rings. The van der Waals surface area contributed by atoms with Gasteiger partial charge in [0.1, 0.15) is 5.82 Å². The number of hydrogen-bond acceptors (Lipinski definition) is 5. The van der Waals surface area contributed by atoms with Gasteiger partial charge in [0.15, 0.2) is 6.10 Å². The molecule has 7 heteroatoms. The number of halogens is 1. The highest BCUT2D eigenvalue weighted by Crippen LogP contribution is 2.21. The van der Waals surface area contributed by atoms with Gasteiger partial charge in [0.25, 0.3) is 0 Å². The molecule has 2 rings (SSSR count). The van der Waals surface area contributed by atoms with Gasteiger partial charge in [-0.1, -0.05) is 12.1 Å². The predicted molar refractivity (Wildman–Crippen MR) is 96.2 cm³/mol. The summed E-state index contributed by atoms with van der Waals surface area (Å²) in [6, 6.07) is 5.46. The van der Waals surface area contributed by atoms with E-state index in [0.717, 1.165) is 0 Å². The zero-order valence-corrected chi connectivity index (χ0v) is 15.7. The van der Waals surface area contributed by atoms with E-state index in [2.05, 4.69) is 4.98 Å². The number of benzene rings is 1. The number of aromatic amines is 1. The highest BCUT2D eigenvalue weighted by atomic mass is 19.1. The number of hydrogen-bond donors (Lipinski definition) is 1. The van der Waals surface area contributed by atoms with Gasteiger partial charge >= 0.3 is 11.9 Å². The van der Waals surface area contributed by atoms with E-state index in [1.54, 1.807) is 20.8 Å². The highest BCUT2D eigenvalue weighted by molar-refractivity contribution is 6.04. The summed E-state index contributed by atoms with van der Waals surface area (Å²) < 4.78 is 23.1. The van der Waals surface area contributed by atoms with Crippen LogP contribution < -0.4 is 0 Å². The van der Waals surface area contributed by atoms with Gasteiger partial charge in [-0.05, 0) is 51.0 Å². The number of aromatic nitrogens is 1. The Morgan fingerprint density at radius 2 is 1.78 bits per heavy atom. The molecule has 1 atom stereocenters. The van der Waals surface area contributed by atoms with Crippen LogP contribution in [0.25, 0.3) is 0 Å². The van der Waals surface area contributed by atoms with Crippen molar-refractivity contribution in [2.24, 2.45) is 0 Å². The highest BCUT2D eigenvalue weighted by Gasteiger charge is 2.27. The van der Waals surface area contributed by atoms with Gasteiger partial charge < -0.3 is 14.5 Å². The van der Waals surface area contributed by atoms with Gasteiger partial charge in [0.2, 0.25) is 5.78 Å². The Labute approximate surface area is 156 Å². The van der Waals surface area contributed by atoms with Crippen molar-refractivity contribution in [3.63, 3.8) is 0 Å². The monoisotopic (exact) mass is 375 g/mol. The maximum Gasteiger partial charge on any atom is 0.340 e. The molecule has 0 aliphatic carbocycles. The fraction of sp³-hybridized carbons (Fsp3) is 0.350. The van der Waals surface area contributed by atoms with Crippen molar-refractivity contribution in [2.45, 2.75) is 40.2 Å². The standard InChI is InChI=1S/C20H22FNO5/c1-5-26-20(25)17-11(2)18(22-12(17)3)19(24)13(4)27-16(23)10-14-6-8-15(21)9-7-14/h6-9,13,22H,5,10H2,1-4H3/t13-/m0/s1. The van der Waals surface area contributed by atoms with Gasteiger partial charge in [-0.25, -0.2) is 9.18 Å². The van der Waals surface area contributed by atoms with Crippen molar-refractivity contribution in [3.8, 4) is 0 Å². The molecule has 1 N–H and O–H groups in total. The summed E-state index contributed by atoms with van der Waals surface area (Å²) >= 11 is 0. The van der Waals surface area contributed by atoms with Crippen LogP contribution in [0.3, 0.4) is 0 Å². The minimum Gasteiger partial charge on any atom is -0.462 e. The Kier molecular flexibility index (Phi) is 6.50. The summed E-state index contributed by atoms with van der Waals surface area (Å²) in [5, 5.41) is 0. The van der Waals surface area contributed by atoms with E-state index in [0.29, 0.717) is 22.4 Å². The second-order valence-electron chi connectivity index (χ2n) is 6.15. The average molecular weight is 375 g/mol. The van der Waals surface area contributed by atoms with Crippen molar-refractivity contribution in [1.82, 2.24) is 4.98 Å². The first kappa shape index (κ1) is 20.4. The first-order valence-electron chi connectivity index (χ1n) is 8.59. The second-order valence-corrected chi connectivity index (χ2v) is 6.15. The molecular weight excluding hydrogens is 353 g/mol. The molecule has 1 heterocycles. The summed E-state index contributed by atoms with van der Waals surface area (Å²) in [6.07, 6.45) is -1.11. The van der Waals surface area contributed by atoms with Crippen LogP contribution in [0.2, 0.25) is 0 Å². The zero-order valence-electron chi connectivity index (χ0n) is 15.7. The van der Waals surface area contributed by atoms with Gasteiger partial charge in [0.05, 0.1) is 24.3 Å². The number of carbonyl (C=O) groups is 3. The molecule has 0 saturated heterocycles. The Balaban J connectivity index is 2.08. The molecule has 0 aliphatic rings. The molecule has 0 bridgehead atoms. The van der Waals surface area contributed by atoms with Crippen molar-refractivity contribution in [1.29, 1.82) is 0 Å². The Morgan fingerprint density at radius 3 is 2.37 bits per heavy atom. The minimum atomic E-state index is -1.04. The van der Waals surface area contributed by atoms with Crippen molar-refractivity contribution in [3.05, 3.63) is 58.2 Å². The van der Waals surface area contributed by atoms with Crippen LogP contribution in [0.5, 0.6) is 0 Å². The van der Waals surface area contributed by atoms with Crippen molar-refractivity contribution in [2.75, 3.05) is 6.61 Å². The van der Waals surface area contributed by atoms with Crippen molar-refractivity contribution >= 4 is 17.7 Å². The van der Waals surface area contributed by atoms with E-state index in [4.69, 9.17) is 9.47 Å². The first-order chi connectivity index (χ1) is 12.7. The van der Waals surface area contributed by atoms with Crippen LogP contribution >= 0.6 is 0 Å². The lowest BCUT2D eigenvalue weighted by atomic mass is 10.1. The van der Waals surface area contributed by atoms with Crippen molar-refractivity contribution < 1.29 is 28.2 Å². The maximum atomic E-state index is 12.9. The zero-order chi connectivity index (χ0) is 20.1. The quantitative estimate of drug-likeness (QED) is 0.593. The number of carbonyl (C=O) groups excluding carboxylic acids is 3. The molecule has 1 aromatic heterocycles. The second kappa shape index (κ2) is 8.62. The third-order valence-corrected chi connectivity index (χ3v) is 4.10. The molecule has 6 nitrogen and oxygen atoms in total. The average Bonchev–Trinajstić information content (AvgIpc) is 2.90. The number of aryl methyl sites for hydroxylation is 1. The molecule has 1 aromatic carbocycles. The first-order valence-corrected chi connectivity index (χ1v) is 8.59. The molecule has 0 spiro atoms. The van der Waals surface area contributed by atoms with E-state index in [9.17, 15) is 18.8 Å². The lowest BCUT2D eigenvalue weighted by Crippen LogP contribution is -2.26. The molecular formula is C20H22FNO5. The van der Waals surface area contributed by atoms with Crippen LogP contribution in [0.1, 0.15) is 51.5 Å². The molecule has 0 radical (unpaired) electrons. The van der Waals surface area contributed by atoms with Gasteiger partial charge in [-0.3, -0.25) is 9.59 Å². The largest absolute Gasteiger partial charge is 0.462 e. The van der Waals surface area contributed by atoms with E-state index < -0.39 is 29.6 Å². The number of ether oxygens (including phenoxy) is 2. The molecule has 0 saturated carbocycles. The smallest absolute Gasteiger partial charge is 0.340 e. The van der Waals surface area contributed by atoms with Gasteiger partial charge in [0, 0.05) is 5.69 Å². The third kappa shape index (κ3) is 4.81. The Bertz CT molecular complexity index is 854. The van der Waals surface area contributed by atoms with Crippen LogP contribution in [0.4, 0.5) is 4.39 Å². The summed E-state index contributed by atoms with van der Waals surface area (Å²) in [4.78, 5) is 39.6. The summed E-state index contributed by atoms with van der Waals surface area (Å²) in [7, 11) is 0. The number of ketones is 1. The fourth-order valence-corrected chi connectivity index (χ4v) is 2.77. The fourth-order valence-electron chi connectivity index (χ4n) is 2.77. The molecule has 0 amide bonds. The minimum absolute atomic E-state index is 0.0747. The molecule has 0 unspecified atom stereocenters. The SMILES string of the molecule is CCOC(=O)c1c(C)[nH]c(C(=O)[C@H](C)OC(=O)Cc2ccc(F)cc2)c1C. The number of esters is 2. The normalized spacial score (nSPS) is 11.7. The van der Waals surface area contributed by atoms with E-state index >= 15 is 0 Å². The van der Waals surface area contributed by atoms with E-state index in [1.165, 1.54) is 31.2 Å². The predicted octanol–water partition coefficient (Wildman–Crippen LogP) is 3.30. The third-order valence-electron chi connectivity index (χ3n) is 4.10. The topological polar surface area (TPSA) is 85.5 Å². The van der Waals surface area contributed by atoms with Gasteiger partial charge in [-0.2, -0.15) is 0 Å². The van der Waals surface area contributed by atoms with E-state index in [1.807, 2.05) is 0 Å². The maximum absolute atomic E-state index is 12.9. The summed E-state index contributed by atoms with van der Waals surface area (Å²) in [5.74, 6) is -1.96. The molecule has 0 fully saturated rings. The van der Waals surface area contributed by atoms with Gasteiger partial charge in [-0.15, -0.1) is 0 Å². The lowest BCUT2D eigenvalue weighted by Gasteiger charge is -2.12. The number of Topliss-reactive ketones (excluding diaryl/α,β-unsaturated/α-hetero) is 1. The van der Waals surface area contributed by atoms with E-state index in [-0.39, 0.29) is 18.7 Å². The summed E-state index contributed by atoms with van der Waals surface area (Å²) in [5.41, 5.74) is 2.07. The number of nitrogens with one attached hydrogen (secondary N) is 1. The van der Waals surface area contributed by atoms with Crippen LogP contribution in [-0.4, -0.2) is 35.4 Å². The van der Waals surface area contributed by atoms with Crippen LogP contribution in [0.15, 0.2) is 24.3 Å². The summed E-state index contributed by atoms with van der Waals surface area (Å²) in [6.45, 7) is 6.69.